The lowest BCUT2D eigenvalue weighted by Gasteiger charge is -2.37. The molecule has 2 heterocycles. The largest absolute Gasteiger partial charge is 0.381 e. The number of likely N-dealkylation sites (tertiary alicyclic amines) is 1. The third-order valence-corrected chi connectivity index (χ3v) is 4.75. The molecular weight excluding hydrogens is 240 g/mol. The van der Waals surface area contributed by atoms with Crippen LogP contribution in [-0.2, 0) is 9.53 Å². The number of likely N-dealkylation sites (N-methyl/N-ethyl adjacent to an activating group) is 2. The van der Waals surface area contributed by atoms with E-state index in [1.54, 1.807) is 0 Å². The minimum Gasteiger partial charge on any atom is -0.381 e. The highest BCUT2D eigenvalue weighted by atomic mass is 16.5. The Morgan fingerprint density at radius 1 is 1.42 bits per heavy atom. The van der Waals surface area contributed by atoms with Gasteiger partial charge in [-0.15, -0.1) is 0 Å². The first-order valence-electron chi connectivity index (χ1n) is 7.66. The van der Waals surface area contributed by atoms with Gasteiger partial charge in [0.2, 0.25) is 0 Å². The molecule has 0 aromatic carbocycles. The monoisotopic (exact) mass is 268 g/mol. The van der Waals surface area contributed by atoms with Crippen LogP contribution < -0.4 is 0 Å². The summed E-state index contributed by atoms with van der Waals surface area (Å²) in [4.78, 5) is 16.4. The summed E-state index contributed by atoms with van der Waals surface area (Å²) in [5.74, 6) is 0. The van der Waals surface area contributed by atoms with Crippen molar-refractivity contribution >= 4 is 6.29 Å². The van der Waals surface area contributed by atoms with Gasteiger partial charge in [-0.1, -0.05) is 6.92 Å². The predicted octanol–water partition coefficient (Wildman–Crippen LogP) is 1.40. The summed E-state index contributed by atoms with van der Waals surface area (Å²) >= 11 is 0. The lowest BCUT2D eigenvalue weighted by atomic mass is 9.81. The van der Waals surface area contributed by atoms with Crippen LogP contribution in [0.2, 0.25) is 0 Å². The summed E-state index contributed by atoms with van der Waals surface area (Å²) in [5, 5.41) is 0. The second-order valence-electron chi connectivity index (χ2n) is 6.21. The number of rotatable bonds is 6. The Bertz CT molecular complexity index is 290. The SMILES string of the molecule is CCN1CCCC1CN(C)CC1(C=O)CCOCC1. The molecule has 0 amide bonds. The van der Waals surface area contributed by atoms with Gasteiger partial charge in [-0.2, -0.15) is 0 Å². The molecule has 0 radical (unpaired) electrons. The summed E-state index contributed by atoms with van der Waals surface area (Å²) in [6, 6.07) is 0.679. The van der Waals surface area contributed by atoms with Gasteiger partial charge in [-0.25, -0.2) is 0 Å². The molecule has 0 saturated carbocycles. The maximum Gasteiger partial charge on any atom is 0.127 e. The normalized spacial score (nSPS) is 27.8. The number of hydrogen-bond donors (Lipinski definition) is 0. The fourth-order valence-corrected chi connectivity index (χ4v) is 3.57. The van der Waals surface area contributed by atoms with Gasteiger partial charge >= 0.3 is 0 Å². The molecule has 2 fully saturated rings. The number of carbonyl (C=O) groups excluding carboxylic acids is 1. The van der Waals surface area contributed by atoms with Crippen molar-refractivity contribution in [1.29, 1.82) is 0 Å². The molecule has 0 N–H and O–H groups in total. The quantitative estimate of drug-likeness (QED) is 0.682. The number of carbonyl (C=O) groups is 1. The molecule has 2 rings (SSSR count). The molecule has 2 aliphatic heterocycles. The van der Waals surface area contributed by atoms with E-state index in [1.165, 1.54) is 25.7 Å². The van der Waals surface area contributed by atoms with Crippen molar-refractivity contribution in [1.82, 2.24) is 9.80 Å². The third-order valence-electron chi connectivity index (χ3n) is 4.75. The molecule has 4 heteroatoms. The number of hydrogen-bond acceptors (Lipinski definition) is 4. The zero-order chi connectivity index (χ0) is 13.7. The van der Waals surface area contributed by atoms with Crippen LogP contribution in [0.3, 0.4) is 0 Å². The maximum absolute atomic E-state index is 11.5. The van der Waals surface area contributed by atoms with Crippen molar-refractivity contribution in [2.24, 2.45) is 5.41 Å². The minimum absolute atomic E-state index is 0.164. The molecule has 0 aromatic heterocycles. The summed E-state index contributed by atoms with van der Waals surface area (Å²) in [6.07, 6.45) is 5.55. The van der Waals surface area contributed by atoms with E-state index in [1.807, 2.05) is 0 Å². The molecule has 19 heavy (non-hydrogen) atoms. The smallest absolute Gasteiger partial charge is 0.127 e. The van der Waals surface area contributed by atoms with Crippen LogP contribution in [0.1, 0.15) is 32.6 Å². The van der Waals surface area contributed by atoms with Crippen LogP contribution in [0.25, 0.3) is 0 Å². The van der Waals surface area contributed by atoms with Gasteiger partial charge in [0.05, 0.1) is 0 Å². The molecule has 2 aliphatic rings. The van der Waals surface area contributed by atoms with E-state index < -0.39 is 0 Å². The summed E-state index contributed by atoms with van der Waals surface area (Å²) in [7, 11) is 2.16. The summed E-state index contributed by atoms with van der Waals surface area (Å²) < 4.78 is 5.39. The Morgan fingerprint density at radius 3 is 2.79 bits per heavy atom. The van der Waals surface area contributed by atoms with Crippen molar-refractivity contribution < 1.29 is 9.53 Å². The van der Waals surface area contributed by atoms with Gasteiger partial charge in [0, 0.05) is 37.8 Å². The molecule has 4 nitrogen and oxygen atoms in total. The highest BCUT2D eigenvalue weighted by Crippen LogP contribution is 2.29. The van der Waals surface area contributed by atoms with E-state index in [-0.39, 0.29) is 5.41 Å². The molecule has 2 saturated heterocycles. The molecule has 1 unspecified atom stereocenters. The number of ether oxygens (including phenoxy) is 1. The standard InChI is InChI=1S/C15H28N2O2/c1-3-17-8-4-5-14(17)11-16(2)12-15(13-18)6-9-19-10-7-15/h13-14H,3-12H2,1-2H3. The van der Waals surface area contributed by atoms with E-state index in [0.717, 1.165) is 45.7 Å². The van der Waals surface area contributed by atoms with Crippen LogP contribution >= 0.6 is 0 Å². The van der Waals surface area contributed by atoms with Gasteiger partial charge in [0.15, 0.2) is 0 Å². The van der Waals surface area contributed by atoms with Gasteiger partial charge < -0.3 is 14.4 Å². The Kier molecular flexibility index (Phi) is 5.37. The highest BCUT2D eigenvalue weighted by molar-refractivity contribution is 5.60. The first kappa shape index (κ1) is 14.9. The molecule has 0 aromatic rings. The lowest BCUT2D eigenvalue weighted by Crippen LogP contribution is -2.45. The topological polar surface area (TPSA) is 32.8 Å². The van der Waals surface area contributed by atoms with E-state index in [9.17, 15) is 4.79 Å². The van der Waals surface area contributed by atoms with Crippen LogP contribution in [0.5, 0.6) is 0 Å². The van der Waals surface area contributed by atoms with Crippen molar-refractivity contribution in [2.75, 3.05) is 46.4 Å². The minimum atomic E-state index is -0.164. The van der Waals surface area contributed by atoms with Gasteiger partial charge in [-0.3, -0.25) is 4.90 Å². The maximum atomic E-state index is 11.5. The zero-order valence-corrected chi connectivity index (χ0v) is 12.4. The Morgan fingerprint density at radius 2 is 2.16 bits per heavy atom. The van der Waals surface area contributed by atoms with Crippen molar-refractivity contribution in [3.63, 3.8) is 0 Å². The van der Waals surface area contributed by atoms with Crippen LogP contribution in [0, 0.1) is 5.41 Å². The molecule has 0 bridgehead atoms. The van der Waals surface area contributed by atoms with Crippen LogP contribution in [0.15, 0.2) is 0 Å². The Hall–Kier alpha value is -0.450. The fraction of sp³-hybridized carbons (Fsp3) is 0.933. The van der Waals surface area contributed by atoms with E-state index in [2.05, 4.69) is 23.8 Å². The van der Waals surface area contributed by atoms with Crippen LogP contribution in [-0.4, -0.2) is 68.6 Å². The average Bonchev–Trinajstić information content (AvgIpc) is 2.86. The third kappa shape index (κ3) is 3.77. The zero-order valence-electron chi connectivity index (χ0n) is 12.4. The molecule has 1 atom stereocenters. The second-order valence-corrected chi connectivity index (χ2v) is 6.21. The van der Waals surface area contributed by atoms with Crippen molar-refractivity contribution in [2.45, 2.75) is 38.6 Å². The highest BCUT2D eigenvalue weighted by Gasteiger charge is 2.34. The second kappa shape index (κ2) is 6.82. The first-order chi connectivity index (χ1) is 9.19. The van der Waals surface area contributed by atoms with E-state index in [0.29, 0.717) is 6.04 Å². The average molecular weight is 268 g/mol. The summed E-state index contributed by atoms with van der Waals surface area (Å²) in [5.41, 5.74) is -0.164. The van der Waals surface area contributed by atoms with Crippen LogP contribution in [0.4, 0.5) is 0 Å². The van der Waals surface area contributed by atoms with E-state index in [4.69, 9.17) is 4.74 Å². The predicted molar refractivity (Wildman–Crippen MR) is 76.3 cm³/mol. The molecule has 0 aliphatic carbocycles. The Balaban J connectivity index is 1.85. The first-order valence-corrected chi connectivity index (χ1v) is 7.66. The van der Waals surface area contributed by atoms with Gasteiger partial charge in [-0.05, 0) is 45.8 Å². The lowest BCUT2D eigenvalue weighted by molar-refractivity contribution is -0.122. The Labute approximate surface area is 117 Å². The van der Waals surface area contributed by atoms with Gasteiger partial charge in [0.1, 0.15) is 6.29 Å². The van der Waals surface area contributed by atoms with Crippen molar-refractivity contribution in [3.8, 4) is 0 Å². The number of nitrogens with zero attached hydrogens (tertiary/aromatic N) is 2. The number of aldehydes is 1. The van der Waals surface area contributed by atoms with Crippen molar-refractivity contribution in [3.05, 3.63) is 0 Å². The summed E-state index contributed by atoms with van der Waals surface area (Å²) in [6.45, 7) is 8.06. The molecule has 110 valence electrons. The van der Waals surface area contributed by atoms with E-state index >= 15 is 0 Å². The van der Waals surface area contributed by atoms with Gasteiger partial charge in [0.25, 0.3) is 0 Å². The molecule has 0 spiro atoms. The fourth-order valence-electron chi connectivity index (χ4n) is 3.57. The molecular formula is C15H28N2O2.